The SMILES string of the molecule is CC(=NN(c1ccccc1)c1ccccc1)c1cccc2ccccc12. The fraction of sp³-hybridized carbons (Fsp3) is 0.0417. The van der Waals surface area contributed by atoms with E-state index in [1.807, 2.05) is 41.4 Å². The highest BCUT2D eigenvalue weighted by Gasteiger charge is 2.10. The minimum atomic E-state index is 0.981. The summed E-state index contributed by atoms with van der Waals surface area (Å²) >= 11 is 0. The van der Waals surface area contributed by atoms with E-state index in [1.165, 1.54) is 10.8 Å². The summed E-state index contributed by atoms with van der Waals surface area (Å²) in [5.41, 5.74) is 4.21. The van der Waals surface area contributed by atoms with E-state index in [2.05, 4.69) is 73.7 Å². The molecule has 0 saturated heterocycles. The quantitative estimate of drug-likeness (QED) is 0.311. The highest BCUT2D eigenvalue weighted by Crippen LogP contribution is 2.27. The molecule has 0 N–H and O–H groups in total. The van der Waals surface area contributed by atoms with E-state index in [1.54, 1.807) is 0 Å². The first-order valence-corrected chi connectivity index (χ1v) is 8.76. The Morgan fingerprint density at radius 1 is 0.615 bits per heavy atom. The maximum atomic E-state index is 4.99. The second-order valence-electron chi connectivity index (χ2n) is 6.20. The summed E-state index contributed by atoms with van der Waals surface area (Å²) in [5.74, 6) is 0. The number of para-hydroxylation sites is 2. The van der Waals surface area contributed by atoms with Crippen LogP contribution in [-0.2, 0) is 0 Å². The topological polar surface area (TPSA) is 15.6 Å². The molecule has 0 aliphatic heterocycles. The number of nitrogens with zero attached hydrogens (tertiary/aromatic N) is 2. The molecule has 0 saturated carbocycles. The number of benzene rings is 4. The molecule has 0 aromatic heterocycles. The summed E-state index contributed by atoms with van der Waals surface area (Å²) < 4.78 is 0. The van der Waals surface area contributed by atoms with E-state index in [4.69, 9.17) is 5.10 Å². The minimum absolute atomic E-state index is 0.981. The largest absolute Gasteiger partial charge is 0.234 e. The average molecular weight is 336 g/mol. The van der Waals surface area contributed by atoms with E-state index in [0.29, 0.717) is 0 Å². The van der Waals surface area contributed by atoms with Crippen molar-refractivity contribution in [3.05, 3.63) is 109 Å². The molecule has 126 valence electrons. The molecule has 4 aromatic carbocycles. The second-order valence-corrected chi connectivity index (χ2v) is 6.20. The van der Waals surface area contributed by atoms with Crippen molar-refractivity contribution in [1.29, 1.82) is 0 Å². The van der Waals surface area contributed by atoms with Crippen LogP contribution in [0.5, 0.6) is 0 Å². The van der Waals surface area contributed by atoms with Crippen LogP contribution in [0.1, 0.15) is 12.5 Å². The zero-order chi connectivity index (χ0) is 17.8. The van der Waals surface area contributed by atoms with Crippen molar-refractivity contribution in [2.45, 2.75) is 6.92 Å². The van der Waals surface area contributed by atoms with Crippen molar-refractivity contribution in [2.75, 3.05) is 5.01 Å². The lowest BCUT2D eigenvalue weighted by molar-refractivity contribution is 1.08. The van der Waals surface area contributed by atoms with Crippen LogP contribution in [0.25, 0.3) is 10.8 Å². The zero-order valence-electron chi connectivity index (χ0n) is 14.7. The van der Waals surface area contributed by atoms with Crippen molar-refractivity contribution >= 4 is 27.9 Å². The first-order chi connectivity index (χ1) is 12.8. The summed E-state index contributed by atoms with van der Waals surface area (Å²) in [6.45, 7) is 2.07. The molecule has 0 bridgehead atoms. The molecular formula is C24H20N2. The molecule has 0 atom stereocenters. The lowest BCUT2D eigenvalue weighted by Gasteiger charge is -2.21. The molecule has 0 aliphatic carbocycles. The van der Waals surface area contributed by atoms with Gasteiger partial charge in [0.05, 0.1) is 17.1 Å². The van der Waals surface area contributed by atoms with Gasteiger partial charge in [0, 0.05) is 5.56 Å². The summed E-state index contributed by atoms with van der Waals surface area (Å²) in [5, 5.41) is 9.43. The van der Waals surface area contributed by atoms with Gasteiger partial charge in [0.1, 0.15) is 0 Å². The van der Waals surface area contributed by atoms with E-state index in [9.17, 15) is 0 Å². The summed E-state index contributed by atoms with van der Waals surface area (Å²) in [4.78, 5) is 0. The molecule has 0 unspecified atom stereocenters. The molecule has 0 heterocycles. The molecular weight excluding hydrogens is 316 g/mol. The van der Waals surface area contributed by atoms with Crippen LogP contribution in [0, 0.1) is 0 Å². The Labute approximate surface area is 154 Å². The van der Waals surface area contributed by atoms with Gasteiger partial charge < -0.3 is 0 Å². The van der Waals surface area contributed by atoms with Crippen molar-refractivity contribution in [3.63, 3.8) is 0 Å². The highest BCUT2D eigenvalue weighted by molar-refractivity contribution is 6.10. The summed E-state index contributed by atoms with van der Waals surface area (Å²) in [6, 6.07) is 35.3. The van der Waals surface area contributed by atoms with Gasteiger partial charge in [-0.3, -0.25) is 0 Å². The van der Waals surface area contributed by atoms with Crippen molar-refractivity contribution in [1.82, 2.24) is 0 Å². The Hall–Kier alpha value is -3.39. The predicted molar refractivity (Wildman–Crippen MR) is 111 cm³/mol. The van der Waals surface area contributed by atoms with Crippen molar-refractivity contribution in [3.8, 4) is 0 Å². The second kappa shape index (κ2) is 7.24. The fourth-order valence-corrected chi connectivity index (χ4v) is 3.15. The minimum Gasteiger partial charge on any atom is -0.234 e. The van der Waals surface area contributed by atoms with Gasteiger partial charge in [-0.05, 0) is 42.0 Å². The Kier molecular flexibility index (Phi) is 4.48. The first-order valence-electron chi connectivity index (χ1n) is 8.76. The van der Waals surface area contributed by atoms with Crippen LogP contribution in [0.4, 0.5) is 11.4 Å². The molecule has 26 heavy (non-hydrogen) atoms. The Balaban J connectivity index is 1.84. The molecule has 0 spiro atoms. The van der Waals surface area contributed by atoms with Crippen molar-refractivity contribution in [2.24, 2.45) is 5.10 Å². The van der Waals surface area contributed by atoms with E-state index < -0.39 is 0 Å². The maximum absolute atomic E-state index is 4.99. The third-order valence-corrected chi connectivity index (χ3v) is 4.43. The average Bonchev–Trinajstić information content (AvgIpc) is 2.72. The van der Waals surface area contributed by atoms with Gasteiger partial charge in [-0.1, -0.05) is 78.9 Å². The Morgan fingerprint density at radius 2 is 1.15 bits per heavy atom. The zero-order valence-corrected chi connectivity index (χ0v) is 14.7. The normalized spacial score (nSPS) is 11.5. The van der Waals surface area contributed by atoms with Gasteiger partial charge in [-0.25, -0.2) is 5.01 Å². The standard InChI is InChI=1S/C24H20N2/c1-19(23-18-10-12-20-11-8-9-17-24(20)23)25-26(21-13-4-2-5-14-21)22-15-6-3-7-16-22/h2-18H,1H3. The number of anilines is 2. The van der Waals surface area contributed by atoms with E-state index >= 15 is 0 Å². The van der Waals surface area contributed by atoms with Gasteiger partial charge in [-0.2, -0.15) is 5.10 Å². The number of hydrogen-bond acceptors (Lipinski definition) is 2. The smallest absolute Gasteiger partial charge is 0.0661 e. The predicted octanol–water partition coefficient (Wildman–Crippen LogP) is 6.40. The molecule has 2 heteroatoms. The molecule has 2 nitrogen and oxygen atoms in total. The molecule has 0 aliphatic rings. The van der Waals surface area contributed by atoms with Crippen LogP contribution in [0.3, 0.4) is 0 Å². The van der Waals surface area contributed by atoms with Crippen LogP contribution < -0.4 is 5.01 Å². The van der Waals surface area contributed by atoms with Crippen LogP contribution in [0.2, 0.25) is 0 Å². The third kappa shape index (κ3) is 3.22. The number of hydrogen-bond donors (Lipinski definition) is 0. The van der Waals surface area contributed by atoms with Gasteiger partial charge in [0.15, 0.2) is 0 Å². The Morgan fingerprint density at radius 3 is 1.81 bits per heavy atom. The maximum Gasteiger partial charge on any atom is 0.0661 e. The van der Waals surface area contributed by atoms with Gasteiger partial charge >= 0.3 is 0 Å². The monoisotopic (exact) mass is 336 g/mol. The van der Waals surface area contributed by atoms with Crippen LogP contribution in [-0.4, -0.2) is 5.71 Å². The third-order valence-electron chi connectivity index (χ3n) is 4.43. The van der Waals surface area contributed by atoms with Gasteiger partial charge in [-0.15, -0.1) is 0 Å². The van der Waals surface area contributed by atoms with Gasteiger partial charge in [0.25, 0.3) is 0 Å². The highest BCUT2D eigenvalue weighted by atomic mass is 15.5. The molecule has 0 radical (unpaired) electrons. The van der Waals surface area contributed by atoms with Crippen LogP contribution in [0.15, 0.2) is 108 Å². The molecule has 0 amide bonds. The van der Waals surface area contributed by atoms with Gasteiger partial charge in [0.2, 0.25) is 0 Å². The van der Waals surface area contributed by atoms with Crippen LogP contribution >= 0.6 is 0 Å². The van der Waals surface area contributed by atoms with E-state index in [0.717, 1.165) is 22.6 Å². The number of rotatable bonds is 4. The summed E-state index contributed by atoms with van der Waals surface area (Å²) in [6.07, 6.45) is 0. The number of fused-ring (bicyclic) bond motifs is 1. The molecule has 4 aromatic rings. The lowest BCUT2D eigenvalue weighted by Crippen LogP contribution is -2.12. The molecule has 4 rings (SSSR count). The summed E-state index contributed by atoms with van der Waals surface area (Å²) in [7, 11) is 0. The lowest BCUT2D eigenvalue weighted by atomic mass is 10.0. The Bertz CT molecular complexity index is 992. The fourth-order valence-electron chi connectivity index (χ4n) is 3.15. The van der Waals surface area contributed by atoms with Crippen molar-refractivity contribution < 1.29 is 0 Å². The first kappa shape index (κ1) is 16.1. The van der Waals surface area contributed by atoms with E-state index in [-0.39, 0.29) is 0 Å². The molecule has 0 fully saturated rings. The number of hydrazone groups is 1.